The fourth-order valence-electron chi connectivity index (χ4n) is 2.86. The van der Waals surface area contributed by atoms with Crippen LogP contribution in [-0.2, 0) is 19.4 Å². The number of hydrogen-bond donors (Lipinski definition) is 2. The molecule has 5 nitrogen and oxygen atoms in total. The minimum Gasteiger partial charge on any atom is -0.502 e. The largest absolute Gasteiger partial charge is 0.502 e. The van der Waals surface area contributed by atoms with E-state index in [2.05, 4.69) is 19.1 Å². The molecule has 5 heteroatoms. The normalized spacial score (nSPS) is 10.9. The van der Waals surface area contributed by atoms with E-state index in [1.165, 1.54) is 4.90 Å². The van der Waals surface area contributed by atoms with Crippen LogP contribution in [0.5, 0.6) is 17.2 Å². The van der Waals surface area contributed by atoms with Gasteiger partial charge in [-0.05, 0) is 24.1 Å². The Bertz CT molecular complexity index is 699. The van der Waals surface area contributed by atoms with Gasteiger partial charge in [0.25, 0.3) is 0 Å². The predicted octanol–water partition coefficient (Wildman–Crippen LogP) is 0.962. The lowest BCUT2D eigenvalue weighted by atomic mass is 10.0. The molecule has 0 saturated heterocycles. The van der Waals surface area contributed by atoms with Crippen LogP contribution in [0.25, 0.3) is 0 Å². The summed E-state index contributed by atoms with van der Waals surface area (Å²) in [5, 5.41) is 10.5. The molecule has 0 radical (unpaired) electrons. The number of hydrogen-bond acceptors (Lipinski definition) is 3. The van der Waals surface area contributed by atoms with E-state index in [1.54, 1.807) is 14.2 Å². The Morgan fingerprint density at radius 2 is 1.75 bits per heavy atom. The number of nitrogens with one attached hydrogen (secondary N) is 2. The maximum atomic E-state index is 10.5. The summed E-state index contributed by atoms with van der Waals surface area (Å²) in [7, 11) is 7.42. The molecule has 0 unspecified atom stereocenters. The maximum absolute atomic E-state index is 10.5. The Balaban J connectivity index is 2.18. The number of methoxy groups -OCH3 is 2. The summed E-state index contributed by atoms with van der Waals surface area (Å²) in [6, 6.07) is 7.94. The monoisotopic (exact) mass is 332 g/mol. The van der Waals surface area contributed by atoms with E-state index in [0.29, 0.717) is 5.75 Å². The van der Waals surface area contributed by atoms with Gasteiger partial charge in [-0.15, -0.1) is 0 Å². The minimum absolute atomic E-state index is 0.377. The van der Waals surface area contributed by atoms with Gasteiger partial charge in [-0.2, -0.15) is 0 Å². The molecule has 0 fully saturated rings. The van der Waals surface area contributed by atoms with Crippen molar-refractivity contribution in [2.45, 2.75) is 26.3 Å². The highest BCUT2D eigenvalue weighted by Gasteiger charge is 2.18. The molecule has 0 aliphatic rings. The van der Waals surface area contributed by atoms with Crippen molar-refractivity contribution in [2.75, 3.05) is 28.3 Å². The third-order valence-electron chi connectivity index (χ3n) is 3.98. The smallest absolute Gasteiger partial charge is 0.222 e. The van der Waals surface area contributed by atoms with Gasteiger partial charge in [-0.25, -0.2) is 4.98 Å². The van der Waals surface area contributed by atoms with Crippen molar-refractivity contribution < 1.29 is 24.5 Å². The second-order valence-corrected chi connectivity index (χ2v) is 6.38. The molecule has 130 valence electrons. The average Bonchev–Trinajstić information content (AvgIpc) is 2.55. The zero-order valence-corrected chi connectivity index (χ0v) is 15.2. The predicted molar refractivity (Wildman–Crippen MR) is 92.9 cm³/mol. The Labute approximate surface area is 143 Å². The third kappa shape index (κ3) is 4.38. The second-order valence-electron chi connectivity index (χ2n) is 6.38. The number of aromatic hydroxyl groups is 1. The van der Waals surface area contributed by atoms with Crippen LogP contribution >= 0.6 is 0 Å². The van der Waals surface area contributed by atoms with Gasteiger partial charge >= 0.3 is 0 Å². The zero-order valence-electron chi connectivity index (χ0n) is 15.2. The standard InChI is InChI=1S/C19H26N2O3/c1-13-10-15(12-21(2)3)19(22)16(20-13)8-6-14-7-9-17(23-4)18(11-14)24-5/h7,9-11,22H,6,8,12H2,1-5H3/p+2. The molecule has 0 bridgehead atoms. The summed E-state index contributed by atoms with van der Waals surface area (Å²) >= 11 is 0. The Morgan fingerprint density at radius 1 is 1.04 bits per heavy atom. The SMILES string of the molecule is COc1ccc(CCc2[nH+]c(C)cc(C[NH+](C)C)c2O)cc1OC. The molecule has 0 saturated carbocycles. The van der Waals surface area contributed by atoms with Crippen LogP contribution in [0.1, 0.15) is 22.5 Å². The molecule has 2 aromatic rings. The van der Waals surface area contributed by atoms with Gasteiger partial charge in [-0.1, -0.05) is 6.07 Å². The van der Waals surface area contributed by atoms with Gasteiger partial charge in [0.15, 0.2) is 22.9 Å². The number of aryl methyl sites for hydroxylation is 3. The van der Waals surface area contributed by atoms with Crippen LogP contribution in [-0.4, -0.2) is 33.4 Å². The molecule has 0 aliphatic heterocycles. The molecule has 2 rings (SSSR count). The van der Waals surface area contributed by atoms with E-state index in [4.69, 9.17) is 9.47 Å². The lowest BCUT2D eigenvalue weighted by Gasteiger charge is -2.11. The number of pyridine rings is 1. The number of ether oxygens (including phenoxy) is 2. The van der Waals surface area contributed by atoms with Crippen molar-refractivity contribution >= 4 is 0 Å². The first-order chi connectivity index (χ1) is 11.4. The summed E-state index contributed by atoms with van der Waals surface area (Å²) in [6.07, 6.45) is 1.54. The molecular weight excluding hydrogens is 304 g/mol. The van der Waals surface area contributed by atoms with Gasteiger partial charge in [0.1, 0.15) is 6.54 Å². The van der Waals surface area contributed by atoms with Crippen LogP contribution in [0, 0.1) is 6.92 Å². The van der Waals surface area contributed by atoms with E-state index >= 15 is 0 Å². The van der Waals surface area contributed by atoms with Crippen LogP contribution in [0.4, 0.5) is 0 Å². The van der Waals surface area contributed by atoms with Crippen molar-refractivity contribution in [1.29, 1.82) is 0 Å². The lowest BCUT2D eigenvalue weighted by molar-refractivity contribution is -0.872. The number of aromatic nitrogens is 1. The summed E-state index contributed by atoms with van der Waals surface area (Å²) in [4.78, 5) is 4.57. The summed E-state index contributed by atoms with van der Waals surface area (Å²) in [5.41, 5.74) is 4.06. The lowest BCUT2D eigenvalue weighted by Crippen LogP contribution is -3.04. The summed E-state index contributed by atoms with van der Waals surface area (Å²) in [5.74, 6) is 1.83. The second kappa shape index (κ2) is 8.02. The minimum atomic E-state index is 0.377. The van der Waals surface area contributed by atoms with Crippen LogP contribution in [0.2, 0.25) is 0 Å². The highest BCUT2D eigenvalue weighted by Crippen LogP contribution is 2.28. The van der Waals surface area contributed by atoms with Crippen molar-refractivity contribution in [3.63, 3.8) is 0 Å². The summed E-state index contributed by atoms with van der Waals surface area (Å²) < 4.78 is 10.6. The van der Waals surface area contributed by atoms with Crippen molar-refractivity contribution in [3.8, 4) is 17.2 Å². The van der Waals surface area contributed by atoms with Crippen LogP contribution < -0.4 is 19.4 Å². The zero-order chi connectivity index (χ0) is 17.7. The number of quaternary nitrogens is 1. The van der Waals surface area contributed by atoms with E-state index in [1.807, 2.05) is 31.2 Å². The molecule has 1 aromatic heterocycles. The van der Waals surface area contributed by atoms with Gasteiger partial charge in [-0.3, -0.25) is 0 Å². The molecule has 0 spiro atoms. The molecular formula is C19H28N2O3+2. The van der Waals surface area contributed by atoms with Gasteiger partial charge in [0.05, 0.1) is 33.9 Å². The number of benzene rings is 1. The molecule has 0 atom stereocenters. The topological polar surface area (TPSA) is 57.3 Å². The first-order valence-corrected chi connectivity index (χ1v) is 8.18. The molecule has 1 heterocycles. The highest BCUT2D eigenvalue weighted by atomic mass is 16.5. The third-order valence-corrected chi connectivity index (χ3v) is 3.98. The highest BCUT2D eigenvalue weighted by molar-refractivity contribution is 5.43. The van der Waals surface area contributed by atoms with E-state index < -0.39 is 0 Å². The number of H-pyrrole nitrogens is 1. The van der Waals surface area contributed by atoms with Crippen molar-refractivity contribution in [2.24, 2.45) is 0 Å². The van der Waals surface area contributed by atoms with Crippen molar-refractivity contribution in [1.82, 2.24) is 0 Å². The maximum Gasteiger partial charge on any atom is 0.222 e. The Morgan fingerprint density at radius 3 is 2.38 bits per heavy atom. The first kappa shape index (κ1) is 18.1. The van der Waals surface area contributed by atoms with E-state index in [9.17, 15) is 5.11 Å². The molecule has 1 aromatic carbocycles. The fraction of sp³-hybridized carbons (Fsp3) is 0.421. The van der Waals surface area contributed by atoms with E-state index in [-0.39, 0.29) is 0 Å². The Hall–Kier alpha value is -2.27. The Kier molecular flexibility index (Phi) is 6.04. The average molecular weight is 332 g/mol. The molecule has 3 N–H and O–H groups in total. The van der Waals surface area contributed by atoms with Crippen LogP contribution in [0.3, 0.4) is 0 Å². The van der Waals surface area contributed by atoms with Gasteiger partial charge in [0.2, 0.25) is 5.69 Å². The van der Waals surface area contributed by atoms with Crippen LogP contribution in [0.15, 0.2) is 24.3 Å². The number of rotatable bonds is 7. The van der Waals surface area contributed by atoms with Gasteiger partial charge in [0, 0.05) is 19.4 Å². The van der Waals surface area contributed by atoms with Gasteiger partial charge < -0.3 is 19.5 Å². The molecule has 24 heavy (non-hydrogen) atoms. The molecule has 0 aliphatic carbocycles. The van der Waals surface area contributed by atoms with E-state index in [0.717, 1.165) is 53.4 Å². The number of aromatic amines is 1. The summed E-state index contributed by atoms with van der Waals surface area (Å²) in [6.45, 7) is 2.82. The quantitative estimate of drug-likeness (QED) is 0.794. The molecule has 0 amide bonds. The van der Waals surface area contributed by atoms with Crippen molar-refractivity contribution in [3.05, 3.63) is 46.8 Å². The fourth-order valence-corrected chi connectivity index (χ4v) is 2.86. The first-order valence-electron chi connectivity index (χ1n) is 8.18.